The molecule has 1 saturated heterocycles. The van der Waals surface area contributed by atoms with Gasteiger partial charge in [-0.05, 0) is 6.07 Å². The van der Waals surface area contributed by atoms with Gasteiger partial charge in [0.05, 0.1) is 6.54 Å². The molecule has 0 radical (unpaired) electrons. The van der Waals surface area contributed by atoms with Crippen molar-refractivity contribution in [2.75, 3.05) is 26.7 Å². The molecule has 0 aromatic carbocycles. The monoisotopic (exact) mass is 273 g/mol. The maximum Gasteiger partial charge on any atom is 0.236 e. The van der Waals surface area contributed by atoms with Crippen LogP contribution in [-0.4, -0.2) is 47.4 Å². The lowest BCUT2D eigenvalue weighted by atomic mass is 10.2. The quantitative estimate of drug-likeness (QED) is 0.770. The Morgan fingerprint density at radius 2 is 2.18 bits per heavy atom. The van der Waals surface area contributed by atoms with Gasteiger partial charge in [0.1, 0.15) is 5.15 Å². The highest BCUT2D eigenvalue weighted by Crippen LogP contribution is 2.20. The third kappa shape index (κ3) is 3.09. The van der Waals surface area contributed by atoms with E-state index in [1.165, 1.54) is 0 Å². The van der Waals surface area contributed by atoms with Crippen LogP contribution in [0, 0.1) is 0 Å². The predicted octanol–water partition coefficient (Wildman–Crippen LogP) is 1.66. The molecule has 0 N–H and O–H groups in total. The minimum absolute atomic E-state index is 0.134. The molecular weight excluding hydrogens is 261 g/mol. The standard InChI is InChI=1S/C11H13Cl2N3O/c1-15-2-3-16(7-11(15)17)6-8-5-14-10(13)4-9(8)12/h4-5H,2-3,6-7H2,1H3. The van der Waals surface area contributed by atoms with E-state index < -0.39 is 0 Å². The maximum atomic E-state index is 11.5. The van der Waals surface area contributed by atoms with Gasteiger partial charge in [-0.2, -0.15) is 0 Å². The van der Waals surface area contributed by atoms with Crippen LogP contribution in [0.4, 0.5) is 0 Å². The van der Waals surface area contributed by atoms with E-state index in [2.05, 4.69) is 9.88 Å². The summed E-state index contributed by atoms with van der Waals surface area (Å²) in [4.78, 5) is 19.3. The summed E-state index contributed by atoms with van der Waals surface area (Å²) in [5.74, 6) is 0.134. The molecule has 1 aromatic rings. The van der Waals surface area contributed by atoms with E-state index >= 15 is 0 Å². The van der Waals surface area contributed by atoms with Crippen LogP contribution in [0.2, 0.25) is 10.2 Å². The summed E-state index contributed by atoms with van der Waals surface area (Å²) in [5, 5.41) is 0.976. The van der Waals surface area contributed by atoms with Crippen molar-refractivity contribution in [1.82, 2.24) is 14.8 Å². The number of piperazine rings is 1. The Labute approximate surface area is 110 Å². The summed E-state index contributed by atoms with van der Waals surface area (Å²) in [6, 6.07) is 1.62. The van der Waals surface area contributed by atoms with Gasteiger partial charge in [0.25, 0.3) is 0 Å². The van der Waals surface area contributed by atoms with Crippen molar-refractivity contribution in [2.45, 2.75) is 6.54 Å². The van der Waals surface area contributed by atoms with Gasteiger partial charge in [-0.15, -0.1) is 0 Å². The highest BCUT2D eigenvalue weighted by Gasteiger charge is 2.21. The van der Waals surface area contributed by atoms with Crippen molar-refractivity contribution < 1.29 is 4.79 Å². The smallest absolute Gasteiger partial charge is 0.236 e. The van der Waals surface area contributed by atoms with Gasteiger partial charge in [0.2, 0.25) is 5.91 Å². The van der Waals surface area contributed by atoms with E-state index in [9.17, 15) is 4.79 Å². The van der Waals surface area contributed by atoms with Crippen LogP contribution in [0.15, 0.2) is 12.3 Å². The number of hydrogen-bond donors (Lipinski definition) is 0. The largest absolute Gasteiger partial charge is 0.343 e. The number of rotatable bonds is 2. The first-order valence-electron chi connectivity index (χ1n) is 5.32. The fraction of sp³-hybridized carbons (Fsp3) is 0.455. The first-order chi connectivity index (χ1) is 8.06. The summed E-state index contributed by atoms with van der Waals surface area (Å²) in [6.45, 7) is 2.65. The zero-order valence-corrected chi connectivity index (χ0v) is 11.0. The van der Waals surface area contributed by atoms with Crippen LogP contribution < -0.4 is 0 Å². The second kappa shape index (κ2) is 5.21. The lowest BCUT2D eigenvalue weighted by Crippen LogP contribution is -2.48. The number of amides is 1. The molecule has 6 heteroatoms. The Morgan fingerprint density at radius 1 is 1.41 bits per heavy atom. The number of pyridine rings is 1. The lowest BCUT2D eigenvalue weighted by molar-refractivity contribution is -0.134. The maximum absolute atomic E-state index is 11.5. The van der Waals surface area contributed by atoms with E-state index in [1.54, 1.807) is 17.2 Å². The molecule has 0 atom stereocenters. The van der Waals surface area contributed by atoms with Gasteiger partial charge >= 0.3 is 0 Å². The third-order valence-electron chi connectivity index (χ3n) is 2.83. The Morgan fingerprint density at radius 3 is 2.82 bits per heavy atom. The molecule has 0 spiro atoms. The molecule has 92 valence electrons. The van der Waals surface area contributed by atoms with Crippen LogP contribution in [-0.2, 0) is 11.3 Å². The van der Waals surface area contributed by atoms with E-state index in [4.69, 9.17) is 23.2 Å². The van der Waals surface area contributed by atoms with Crippen LogP contribution in [0.5, 0.6) is 0 Å². The number of halogens is 2. The normalized spacial score (nSPS) is 17.6. The topological polar surface area (TPSA) is 36.4 Å². The van der Waals surface area contributed by atoms with Crippen molar-refractivity contribution in [1.29, 1.82) is 0 Å². The van der Waals surface area contributed by atoms with E-state index in [0.717, 1.165) is 18.7 Å². The van der Waals surface area contributed by atoms with Crippen molar-refractivity contribution in [3.05, 3.63) is 28.0 Å². The molecule has 17 heavy (non-hydrogen) atoms. The zero-order chi connectivity index (χ0) is 12.4. The number of aromatic nitrogens is 1. The second-order valence-electron chi connectivity index (χ2n) is 4.12. The Hall–Kier alpha value is -0.840. The molecule has 0 unspecified atom stereocenters. The molecule has 0 saturated carbocycles. The molecule has 1 aliphatic rings. The van der Waals surface area contributed by atoms with Gasteiger partial charge < -0.3 is 4.90 Å². The lowest BCUT2D eigenvalue weighted by Gasteiger charge is -2.31. The van der Waals surface area contributed by atoms with Crippen molar-refractivity contribution in [2.24, 2.45) is 0 Å². The summed E-state index contributed by atoms with van der Waals surface area (Å²) < 4.78 is 0. The van der Waals surface area contributed by atoms with E-state index in [0.29, 0.717) is 23.3 Å². The van der Waals surface area contributed by atoms with Gasteiger partial charge in [-0.25, -0.2) is 4.98 Å². The molecule has 2 rings (SSSR count). The van der Waals surface area contributed by atoms with Crippen LogP contribution in [0.1, 0.15) is 5.56 Å². The third-order valence-corrected chi connectivity index (χ3v) is 3.39. The van der Waals surface area contributed by atoms with Crippen molar-refractivity contribution in [3.8, 4) is 0 Å². The van der Waals surface area contributed by atoms with E-state index in [1.807, 2.05) is 7.05 Å². The first-order valence-corrected chi connectivity index (χ1v) is 6.08. The average Bonchev–Trinajstić information content (AvgIpc) is 2.27. The fourth-order valence-electron chi connectivity index (χ4n) is 1.74. The Bertz CT molecular complexity index is 439. The first kappa shape index (κ1) is 12.6. The van der Waals surface area contributed by atoms with Crippen LogP contribution in [0.25, 0.3) is 0 Å². The Kier molecular flexibility index (Phi) is 3.86. The molecule has 1 amide bonds. The predicted molar refractivity (Wildman–Crippen MR) is 67.2 cm³/mol. The van der Waals surface area contributed by atoms with Gasteiger partial charge in [0, 0.05) is 43.5 Å². The highest BCUT2D eigenvalue weighted by atomic mass is 35.5. The molecular formula is C11H13Cl2N3O. The summed E-state index contributed by atoms with van der Waals surface area (Å²) in [7, 11) is 1.82. The number of hydrogen-bond acceptors (Lipinski definition) is 3. The Balaban J connectivity index is 2.04. The molecule has 1 aliphatic heterocycles. The zero-order valence-electron chi connectivity index (χ0n) is 9.49. The molecule has 1 fully saturated rings. The average molecular weight is 274 g/mol. The van der Waals surface area contributed by atoms with Crippen molar-refractivity contribution in [3.63, 3.8) is 0 Å². The number of carbonyl (C=O) groups excluding carboxylic acids is 1. The molecule has 2 heterocycles. The SMILES string of the molecule is CN1CCN(Cc2cnc(Cl)cc2Cl)CC1=O. The van der Waals surface area contributed by atoms with E-state index in [-0.39, 0.29) is 5.91 Å². The molecule has 4 nitrogen and oxygen atoms in total. The van der Waals surface area contributed by atoms with Gasteiger partial charge in [-0.1, -0.05) is 23.2 Å². The molecule has 1 aromatic heterocycles. The number of nitrogens with zero attached hydrogens (tertiary/aromatic N) is 3. The minimum Gasteiger partial charge on any atom is -0.343 e. The van der Waals surface area contributed by atoms with Gasteiger partial charge in [-0.3, -0.25) is 9.69 Å². The summed E-state index contributed by atoms with van der Waals surface area (Å²) >= 11 is 11.8. The summed E-state index contributed by atoms with van der Waals surface area (Å²) in [5.41, 5.74) is 0.897. The summed E-state index contributed by atoms with van der Waals surface area (Å²) in [6.07, 6.45) is 1.66. The van der Waals surface area contributed by atoms with Crippen LogP contribution >= 0.6 is 23.2 Å². The minimum atomic E-state index is 0.134. The number of carbonyl (C=O) groups is 1. The van der Waals surface area contributed by atoms with Gasteiger partial charge in [0.15, 0.2) is 0 Å². The fourth-order valence-corrected chi connectivity index (χ4v) is 2.16. The molecule has 0 aliphatic carbocycles. The second-order valence-corrected chi connectivity index (χ2v) is 4.92. The molecule has 0 bridgehead atoms. The van der Waals surface area contributed by atoms with Crippen molar-refractivity contribution >= 4 is 29.1 Å². The highest BCUT2D eigenvalue weighted by molar-refractivity contribution is 6.34. The van der Waals surface area contributed by atoms with Crippen LogP contribution in [0.3, 0.4) is 0 Å². The number of likely N-dealkylation sites (N-methyl/N-ethyl adjacent to an activating group) is 1.